The van der Waals surface area contributed by atoms with Crippen LogP contribution in [0.5, 0.6) is 5.75 Å². The van der Waals surface area contributed by atoms with E-state index in [0.29, 0.717) is 18.7 Å². The first-order chi connectivity index (χ1) is 10.5. The van der Waals surface area contributed by atoms with Gasteiger partial charge < -0.3 is 15.2 Å². The molecule has 2 rings (SSSR count). The van der Waals surface area contributed by atoms with E-state index in [4.69, 9.17) is 4.74 Å². The molecular formula is C17H23NO4. The van der Waals surface area contributed by atoms with E-state index in [9.17, 15) is 14.7 Å². The second-order valence-corrected chi connectivity index (χ2v) is 6.07. The van der Waals surface area contributed by atoms with Crippen LogP contribution in [0.25, 0.3) is 0 Å². The van der Waals surface area contributed by atoms with Gasteiger partial charge in [-0.15, -0.1) is 0 Å². The molecule has 0 bridgehead atoms. The van der Waals surface area contributed by atoms with Crippen LogP contribution in [0, 0.1) is 11.8 Å². The van der Waals surface area contributed by atoms with E-state index in [1.54, 1.807) is 18.2 Å². The van der Waals surface area contributed by atoms with Gasteiger partial charge in [0.2, 0.25) is 0 Å². The average molecular weight is 305 g/mol. The molecule has 1 aliphatic rings. The van der Waals surface area contributed by atoms with Gasteiger partial charge in [-0.25, -0.2) is 4.79 Å². The molecule has 1 saturated heterocycles. The lowest BCUT2D eigenvalue weighted by molar-refractivity contribution is -0.147. The Morgan fingerprint density at radius 3 is 2.77 bits per heavy atom. The third-order valence-corrected chi connectivity index (χ3v) is 3.95. The second kappa shape index (κ2) is 7.40. The number of carboxylic acids is 1. The molecule has 0 radical (unpaired) electrons. The Hall–Kier alpha value is -1.88. The number of Topliss-reactive ketones (excluding diaryl/α,β-unsaturated/α-hetero) is 1. The lowest BCUT2D eigenvalue weighted by Gasteiger charge is -2.20. The fraction of sp³-hybridized carbons (Fsp3) is 0.529. The zero-order valence-electron chi connectivity index (χ0n) is 13.0. The Labute approximate surface area is 130 Å². The number of benzene rings is 1. The van der Waals surface area contributed by atoms with Gasteiger partial charge in [-0.05, 0) is 30.7 Å². The zero-order chi connectivity index (χ0) is 16.1. The van der Waals surface area contributed by atoms with Gasteiger partial charge in [0.25, 0.3) is 0 Å². The van der Waals surface area contributed by atoms with Crippen molar-refractivity contribution in [2.24, 2.45) is 11.8 Å². The number of hydrogen-bond acceptors (Lipinski definition) is 4. The monoisotopic (exact) mass is 305 g/mol. The Kier molecular flexibility index (Phi) is 5.55. The summed E-state index contributed by atoms with van der Waals surface area (Å²) in [6.07, 6.45) is 0.283. The molecule has 0 amide bonds. The van der Waals surface area contributed by atoms with Crippen molar-refractivity contribution in [1.29, 1.82) is 0 Å². The van der Waals surface area contributed by atoms with Crippen LogP contribution < -0.4 is 10.1 Å². The van der Waals surface area contributed by atoms with Crippen LogP contribution in [-0.4, -0.2) is 36.1 Å². The molecule has 0 saturated carbocycles. The van der Waals surface area contributed by atoms with Gasteiger partial charge in [0, 0.05) is 24.8 Å². The highest BCUT2D eigenvalue weighted by molar-refractivity contribution is 5.82. The minimum atomic E-state index is -0.947. The molecule has 0 aliphatic carbocycles. The summed E-state index contributed by atoms with van der Waals surface area (Å²) >= 11 is 0. The molecule has 1 fully saturated rings. The minimum absolute atomic E-state index is 0.0131. The SMILES string of the molecule is CC(C)C(=O)Cc1cccc(OC(C(=O)O)C2CCNC2)c1. The van der Waals surface area contributed by atoms with Gasteiger partial charge >= 0.3 is 5.97 Å². The van der Waals surface area contributed by atoms with Crippen LogP contribution >= 0.6 is 0 Å². The predicted octanol–water partition coefficient (Wildman–Crippen LogP) is 1.90. The van der Waals surface area contributed by atoms with E-state index in [-0.39, 0.29) is 17.6 Å². The molecule has 2 unspecified atom stereocenters. The van der Waals surface area contributed by atoms with Crippen molar-refractivity contribution in [3.63, 3.8) is 0 Å². The van der Waals surface area contributed by atoms with Gasteiger partial charge in [0.05, 0.1) is 0 Å². The number of aliphatic carboxylic acids is 1. The first-order valence-corrected chi connectivity index (χ1v) is 7.69. The second-order valence-electron chi connectivity index (χ2n) is 6.07. The summed E-state index contributed by atoms with van der Waals surface area (Å²) in [5.74, 6) is -0.322. The molecular weight excluding hydrogens is 282 g/mol. The molecule has 0 spiro atoms. The van der Waals surface area contributed by atoms with Crippen molar-refractivity contribution < 1.29 is 19.4 Å². The van der Waals surface area contributed by atoms with Crippen molar-refractivity contribution in [3.8, 4) is 5.75 Å². The maximum absolute atomic E-state index is 11.8. The smallest absolute Gasteiger partial charge is 0.345 e. The molecule has 1 heterocycles. The van der Waals surface area contributed by atoms with E-state index in [1.165, 1.54) is 0 Å². The Morgan fingerprint density at radius 1 is 1.41 bits per heavy atom. The van der Waals surface area contributed by atoms with Crippen LogP contribution in [0.1, 0.15) is 25.8 Å². The number of rotatable bonds is 7. The highest BCUT2D eigenvalue weighted by Gasteiger charge is 2.32. The number of ketones is 1. The van der Waals surface area contributed by atoms with Gasteiger partial charge in [-0.1, -0.05) is 26.0 Å². The number of carbonyl (C=O) groups is 2. The predicted molar refractivity (Wildman–Crippen MR) is 83.0 cm³/mol. The third-order valence-electron chi connectivity index (χ3n) is 3.95. The summed E-state index contributed by atoms with van der Waals surface area (Å²) in [5.41, 5.74) is 0.852. The van der Waals surface area contributed by atoms with Gasteiger partial charge in [0.15, 0.2) is 6.10 Å². The lowest BCUT2D eigenvalue weighted by atomic mass is 10.0. The molecule has 5 nitrogen and oxygen atoms in total. The Morgan fingerprint density at radius 2 is 2.18 bits per heavy atom. The minimum Gasteiger partial charge on any atom is -0.478 e. The van der Waals surface area contributed by atoms with E-state index >= 15 is 0 Å². The number of hydrogen-bond donors (Lipinski definition) is 2. The van der Waals surface area contributed by atoms with Crippen LogP contribution in [-0.2, 0) is 16.0 Å². The van der Waals surface area contributed by atoms with Crippen molar-refractivity contribution in [1.82, 2.24) is 5.32 Å². The van der Waals surface area contributed by atoms with Gasteiger partial charge in [0.1, 0.15) is 11.5 Å². The van der Waals surface area contributed by atoms with Crippen LogP contribution in [0.3, 0.4) is 0 Å². The molecule has 2 atom stereocenters. The first-order valence-electron chi connectivity index (χ1n) is 7.69. The van der Waals surface area contributed by atoms with E-state index < -0.39 is 12.1 Å². The van der Waals surface area contributed by atoms with Gasteiger partial charge in [-0.3, -0.25) is 4.79 Å². The Balaban J connectivity index is 2.07. The molecule has 1 aliphatic heterocycles. The summed E-state index contributed by atoms with van der Waals surface area (Å²) in [5, 5.41) is 12.5. The molecule has 2 N–H and O–H groups in total. The topological polar surface area (TPSA) is 75.6 Å². The van der Waals surface area contributed by atoms with Crippen molar-refractivity contribution in [2.45, 2.75) is 32.8 Å². The highest BCUT2D eigenvalue weighted by atomic mass is 16.5. The highest BCUT2D eigenvalue weighted by Crippen LogP contribution is 2.22. The van der Waals surface area contributed by atoms with Crippen molar-refractivity contribution >= 4 is 11.8 Å². The number of carboxylic acid groups (broad SMARTS) is 1. The lowest BCUT2D eigenvalue weighted by Crippen LogP contribution is -2.36. The summed E-state index contributed by atoms with van der Waals surface area (Å²) < 4.78 is 5.69. The number of carbonyl (C=O) groups excluding carboxylic acids is 1. The largest absolute Gasteiger partial charge is 0.478 e. The molecule has 22 heavy (non-hydrogen) atoms. The van der Waals surface area contributed by atoms with Crippen molar-refractivity contribution in [2.75, 3.05) is 13.1 Å². The summed E-state index contributed by atoms with van der Waals surface area (Å²) in [6, 6.07) is 7.16. The fourth-order valence-electron chi connectivity index (χ4n) is 2.56. The summed E-state index contributed by atoms with van der Waals surface area (Å²) in [6.45, 7) is 5.22. The summed E-state index contributed by atoms with van der Waals surface area (Å²) in [7, 11) is 0. The standard InChI is InChI=1S/C17H23NO4/c1-11(2)15(19)9-12-4-3-5-14(8-12)22-16(17(20)21)13-6-7-18-10-13/h3-5,8,11,13,16,18H,6-7,9-10H2,1-2H3,(H,20,21). The zero-order valence-corrected chi connectivity index (χ0v) is 13.0. The third kappa shape index (κ3) is 4.31. The Bertz CT molecular complexity index is 535. The molecule has 5 heteroatoms. The van der Waals surface area contributed by atoms with Gasteiger partial charge in [-0.2, -0.15) is 0 Å². The molecule has 120 valence electrons. The maximum Gasteiger partial charge on any atom is 0.345 e. The van der Waals surface area contributed by atoms with E-state index in [1.807, 2.05) is 19.9 Å². The summed E-state index contributed by atoms with van der Waals surface area (Å²) in [4.78, 5) is 23.3. The first kappa shape index (κ1) is 16.5. The number of ether oxygens (including phenoxy) is 1. The molecule has 1 aromatic carbocycles. The van der Waals surface area contributed by atoms with Crippen LogP contribution in [0.4, 0.5) is 0 Å². The average Bonchev–Trinajstić information content (AvgIpc) is 2.98. The number of nitrogens with one attached hydrogen (secondary N) is 1. The van der Waals surface area contributed by atoms with Crippen LogP contribution in [0.15, 0.2) is 24.3 Å². The van der Waals surface area contributed by atoms with Crippen molar-refractivity contribution in [3.05, 3.63) is 29.8 Å². The van der Waals surface area contributed by atoms with E-state index in [2.05, 4.69) is 5.32 Å². The molecule has 1 aromatic rings. The maximum atomic E-state index is 11.8. The van der Waals surface area contributed by atoms with Crippen LogP contribution in [0.2, 0.25) is 0 Å². The molecule has 0 aromatic heterocycles. The quantitative estimate of drug-likeness (QED) is 0.804. The van der Waals surface area contributed by atoms with E-state index in [0.717, 1.165) is 18.5 Å². The normalized spacial score (nSPS) is 19.1. The fourth-order valence-corrected chi connectivity index (χ4v) is 2.56.